The molecule has 194 valence electrons. The van der Waals surface area contributed by atoms with Crippen LogP contribution in [0.3, 0.4) is 0 Å². The number of hydrogen-bond donors (Lipinski definition) is 1. The molecule has 0 radical (unpaired) electrons. The molecule has 5 heteroatoms. The van der Waals surface area contributed by atoms with Crippen molar-refractivity contribution >= 4 is 17.0 Å². The van der Waals surface area contributed by atoms with Crippen molar-refractivity contribution in [3.05, 3.63) is 90.3 Å². The zero-order chi connectivity index (χ0) is 26.0. The summed E-state index contributed by atoms with van der Waals surface area (Å²) in [6.07, 6.45) is 7.81. The van der Waals surface area contributed by atoms with Crippen molar-refractivity contribution in [1.82, 2.24) is 9.30 Å². The minimum absolute atomic E-state index is 0.0299. The lowest BCUT2D eigenvalue weighted by molar-refractivity contribution is 0.103. The van der Waals surface area contributed by atoms with Gasteiger partial charge in [0, 0.05) is 35.1 Å². The van der Waals surface area contributed by atoms with Gasteiger partial charge in [0.05, 0.1) is 6.61 Å². The van der Waals surface area contributed by atoms with Gasteiger partial charge in [0.1, 0.15) is 11.4 Å². The summed E-state index contributed by atoms with van der Waals surface area (Å²) in [5.41, 5.74) is 10.7. The van der Waals surface area contributed by atoms with Crippen molar-refractivity contribution in [3.63, 3.8) is 0 Å². The Morgan fingerprint density at radius 2 is 1.54 bits per heavy atom. The van der Waals surface area contributed by atoms with E-state index in [0.29, 0.717) is 23.6 Å². The van der Waals surface area contributed by atoms with Crippen LogP contribution in [0.25, 0.3) is 16.6 Å². The lowest BCUT2D eigenvalue weighted by atomic mass is 10.0. The van der Waals surface area contributed by atoms with Crippen LogP contribution in [0.5, 0.6) is 5.75 Å². The monoisotopic (exact) mass is 497 g/mol. The first kappa shape index (κ1) is 26.5. The summed E-state index contributed by atoms with van der Waals surface area (Å²) in [5.74, 6) is 0.763. The number of benzene rings is 2. The summed E-state index contributed by atoms with van der Waals surface area (Å²) in [4.78, 5) is 16.3. The van der Waals surface area contributed by atoms with E-state index in [1.54, 1.807) is 0 Å². The fraction of sp³-hybridized carbons (Fsp3) is 0.344. The van der Waals surface area contributed by atoms with Crippen LogP contribution in [0.2, 0.25) is 0 Å². The van der Waals surface area contributed by atoms with Crippen LogP contribution in [0.4, 0.5) is 5.69 Å². The number of nitrogens with two attached hydrogens (primary N) is 1. The van der Waals surface area contributed by atoms with E-state index >= 15 is 0 Å². The van der Waals surface area contributed by atoms with Gasteiger partial charge >= 0.3 is 0 Å². The van der Waals surface area contributed by atoms with Gasteiger partial charge in [0.2, 0.25) is 5.78 Å². The number of ether oxygens (including phenoxy) is 1. The Morgan fingerprint density at radius 3 is 2.22 bits per heavy atom. The van der Waals surface area contributed by atoms with E-state index in [4.69, 9.17) is 10.5 Å². The summed E-state index contributed by atoms with van der Waals surface area (Å²) in [5, 5.41) is 0. The van der Waals surface area contributed by atoms with E-state index in [0.717, 1.165) is 35.4 Å². The number of pyridine rings is 1. The molecule has 0 saturated heterocycles. The Balaban J connectivity index is 1.44. The molecule has 0 aliphatic heterocycles. The van der Waals surface area contributed by atoms with Crippen molar-refractivity contribution in [2.24, 2.45) is 0 Å². The zero-order valence-corrected chi connectivity index (χ0v) is 22.2. The van der Waals surface area contributed by atoms with Crippen LogP contribution in [-0.4, -0.2) is 41.3 Å². The number of carbonyl (C=O) groups excluding carboxylic acids is 1. The van der Waals surface area contributed by atoms with Crippen LogP contribution < -0.4 is 10.5 Å². The van der Waals surface area contributed by atoms with E-state index in [2.05, 4.69) is 18.7 Å². The third-order valence-corrected chi connectivity index (χ3v) is 6.76. The number of ketones is 1. The van der Waals surface area contributed by atoms with Gasteiger partial charge in [-0.2, -0.15) is 0 Å². The molecule has 0 bridgehead atoms. The molecule has 37 heavy (non-hydrogen) atoms. The van der Waals surface area contributed by atoms with Crippen LogP contribution in [0.15, 0.2) is 79.0 Å². The lowest BCUT2D eigenvalue weighted by Gasteiger charge is -2.21. The Kier molecular flexibility index (Phi) is 9.39. The number of unbranched alkanes of at least 4 members (excludes halogenated alkanes) is 2. The van der Waals surface area contributed by atoms with Gasteiger partial charge in [-0.25, -0.2) is 0 Å². The molecule has 2 aromatic heterocycles. The van der Waals surface area contributed by atoms with Crippen molar-refractivity contribution in [2.45, 2.75) is 46.0 Å². The van der Waals surface area contributed by atoms with Crippen molar-refractivity contribution in [2.75, 3.05) is 32.0 Å². The van der Waals surface area contributed by atoms with Gasteiger partial charge in [-0.15, -0.1) is 0 Å². The topological polar surface area (TPSA) is 60.0 Å². The Bertz CT molecular complexity index is 1270. The van der Waals surface area contributed by atoms with Crippen molar-refractivity contribution in [3.8, 4) is 16.9 Å². The highest BCUT2D eigenvalue weighted by molar-refractivity contribution is 6.13. The van der Waals surface area contributed by atoms with E-state index in [1.165, 1.54) is 38.8 Å². The molecule has 4 aromatic rings. The molecule has 0 amide bonds. The normalized spacial score (nSPS) is 11.3. The number of nitrogens with zero attached hydrogens (tertiary/aromatic N) is 2. The highest BCUT2D eigenvalue weighted by atomic mass is 16.5. The molecule has 0 spiro atoms. The third-order valence-electron chi connectivity index (χ3n) is 6.76. The van der Waals surface area contributed by atoms with Crippen LogP contribution in [0.1, 0.15) is 62.0 Å². The minimum atomic E-state index is -0.0299. The smallest absolute Gasteiger partial charge is 0.210 e. The SMILES string of the molecule is CCCCN(CCCC)CCCOc1ccc(C(=O)c2c(-c3ccccc3)cc3cc(N)ccn23)cc1. The average Bonchev–Trinajstić information content (AvgIpc) is 3.31. The number of anilines is 1. The second-order valence-electron chi connectivity index (χ2n) is 9.63. The number of rotatable bonds is 14. The van der Waals surface area contributed by atoms with Gasteiger partial charge in [-0.05, 0) is 80.4 Å². The molecule has 2 heterocycles. The van der Waals surface area contributed by atoms with Gasteiger partial charge in [-0.3, -0.25) is 4.79 Å². The first-order valence-electron chi connectivity index (χ1n) is 13.6. The Hall–Kier alpha value is -3.57. The van der Waals surface area contributed by atoms with Crippen molar-refractivity contribution < 1.29 is 9.53 Å². The Labute approximate surface area is 220 Å². The standard InChI is InChI=1S/C32H39N3O2/c1-3-5-18-34(19-6-4-2)20-10-22-37-29-15-13-26(14-16-29)32(36)31-30(25-11-8-7-9-12-25)24-28-23-27(33)17-21-35(28)31/h7-9,11-17,21,23-24H,3-6,10,18-20,22,33H2,1-2H3. The second-order valence-corrected chi connectivity index (χ2v) is 9.63. The minimum Gasteiger partial charge on any atom is -0.494 e. The highest BCUT2D eigenvalue weighted by Crippen LogP contribution is 2.30. The average molecular weight is 498 g/mol. The first-order valence-corrected chi connectivity index (χ1v) is 13.6. The zero-order valence-electron chi connectivity index (χ0n) is 22.2. The number of aromatic nitrogens is 1. The third kappa shape index (κ3) is 6.80. The van der Waals surface area contributed by atoms with Gasteiger partial charge in [-0.1, -0.05) is 57.0 Å². The number of carbonyl (C=O) groups is 1. The highest BCUT2D eigenvalue weighted by Gasteiger charge is 2.20. The largest absolute Gasteiger partial charge is 0.494 e. The van der Waals surface area contributed by atoms with Gasteiger partial charge < -0.3 is 19.8 Å². The molecule has 0 atom stereocenters. The molecule has 4 rings (SSSR count). The number of hydrogen-bond acceptors (Lipinski definition) is 4. The maximum absolute atomic E-state index is 13.7. The summed E-state index contributed by atoms with van der Waals surface area (Å²) in [6, 6.07) is 23.3. The van der Waals surface area contributed by atoms with E-state index in [1.807, 2.05) is 83.4 Å². The van der Waals surface area contributed by atoms with Crippen molar-refractivity contribution in [1.29, 1.82) is 0 Å². The molecule has 0 aliphatic carbocycles. The summed E-state index contributed by atoms with van der Waals surface area (Å²) in [7, 11) is 0. The summed E-state index contributed by atoms with van der Waals surface area (Å²) < 4.78 is 7.94. The van der Waals surface area contributed by atoms with Crippen LogP contribution >= 0.6 is 0 Å². The van der Waals surface area contributed by atoms with Gasteiger partial charge in [0.15, 0.2) is 0 Å². The molecule has 5 nitrogen and oxygen atoms in total. The quantitative estimate of drug-likeness (QED) is 0.149. The fourth-order valence-corrected chi connectivity index (χ4v) is 4.68. The molecule has 0 unspecified atom stereocenters. The molecule has 0 fully saturated rings. The van der Waals surface area contributed by atoms with Crippen LogP contribution in [-0.2, 0) is 0 Å². The van der Waals surface area contributed by atoms with E-state index in [9.17, 15) is 4.79 Å². The van der Waals surface area contributed by atoms with Gasteiger partial charge in [0.25, 0.3) is 0 Å². The Morgan fingerprint density at radius 1 is 0.865 bits per heavy atom. The first-order chi connectivity index (χ1) is 18.1. The second kappa shape index (κ2) is 13.1. The predicted octanol–water partition coefficient (Wildman–Crippen LogP) is 7.09. The molecule has 0 aliphatic rings. The van der Waals surface area contributed by atoms with E-state index in [-0.39, 0.29) is 5.78 Å². The maximum Gasteiger partial charge on any atom is 0.210 e. The fourth-order valence-electron chi connectivity index (χ4n) is 4.68. The number of fused-ring (bicyclic) bond motifs is 1. The maximum atomic E-state index is 13.7. The van der Waals surface area contributed by atoms with E-state index < -0.39 is 0 Å². The molecule has 2 aromatic carbocycles. The summed E-state index contributed by atoms with van der Waals surface area (Å²) in [6.45, 7) is 8.55. The molecule has 2 N–H and O–H groups in total. The molecule has 0 saturated carbocycles. The molecular formula is C32H39N3O2. The predicted molar refractivity (Wildman–Crippen MR) is 153 cm³/mol. The number of nitrogen functional groups attached to an aromatic ring is 1. The lowest BCUT2D eigenvalue weighted by Crippen LogP contribution is -2.28. The summed E-state index contributed by atoms with van der Waals surface area (Å²) >= 11 is 0. The van der Waals surface area contributed by atoms with Crippen LogP contribution in [0, 0.1) is 0 Å². The molecular weight excluding hydrogens is 458 g/mol.